The molecule has 1 fully saturated rings. The van der Waals surface area contributed by atoms with Crippen LogP contribution < -0.4 is 5.73 Å². The second-order valence-corrected chi connectivity index (χ2v) is 4.43. The predicted octanol–water partition coefficient (Wildman–Crippen LogP) is 1.38. The van der Waals surface area contributed by atoms with Crippen molar-refractivity contribution in [3.63, 3.8) is 0 Å². The monoisotopic (exact) mass is 253 g/mol. The van der Waals surface area contributed by atoms with Crippen molar-refractivity contribution in [2.75, 3.05) is 19.5 Å². The summed E-state index contributed by atoms with van der Waals surface area (Å²) in [6.45, 7) is 2.07. The lowest BCUT2D eigenvalue weighted by Gasteiger charge is -2.13. The van der Waals surface area contributed by atoms with Crippen molar-refractivity contribution in [3.8, 4) is 0 Å². The molecular formula is C12H19N3O3. The van der Waals surface area contributed by atoms with E-state index in [2.05, 4.69) is 4.98 Å². The van der Waals surface area contributed by atoms with Gasteiger partial charge in [0.1, 0.15) is 5.82 Å². The van der Waals surface area contributed by atoms with Gasteiger partial charge in [-0.05, 0) is 26.2 Å². The van der Waals surface area contributed by atoms with Gasteiger partial charge in [0.2, 0.25) is 0 Å². The van der Waals surface area contributed by atoms with Gasteiger partial charge >= 0.3 is 5.97 Å². The van der Waals surface area contributed by atoms with E-state index in [0.29, 0.717) is 12.4 Å². The molecule has 0 radical (unpaired) electrons. The number of rotatable bonds is 4. The minimum absolute atomic E-state index is 0.206. The predicted molar refractivity (Wildman–Crippen MR) is 66.3 cm³/mol. The Bertz CT molecular complexity index is 430. The van der Waals surface area contributed by atoms with Crippen molar-refractivity contribution in [2.45, 2.75) is 38.3 Å². The molecule has 0 bridgehead atoms. The molecule has 2 atom stereocenters. The van der Waals surface area contributed by atoms with Crippen molar-refractivity contribution >= 4 is 11.8 Å². The Kier molecular flexibility index (Phi) is 3.86. The van der Waals surface area contributed by atoms with Crippen molar-refractivity contribution < 1.29 is 14.3 Å². The summed E-state index contributed by atoms with van der Waals surface area (Å²) in [6.07, 6.45) is 4.78. The number of methoxy groups -OCH3 is 1. The molecule has 1 saturated carbocycles. The van der Waals surface area contributed by atoms with Gasteiger partial charge < -0.3 is 19.8 Å². The largest absolute Gasteiger partial charge is 0.461 e. The molecule has 1 aromatic heterocycles. The molecule has 2 N–H and O–H groups in total. The average Bonchev–Trinajstić information content (AvgIpc) is 2.95. The van der Waals surface area contributed by atoms with Crippen molar-refractivity contribution in [1.29, 1.82) is 0 Å². The van der Waals surface area contributed by atoms with Crippen LogP contribution >= 0.6 is 0 Å². The zero-order valence-electron chi connectivity index (χ0n) is 10.8. The number of nitrogens with zero attached hydrogens (tertiary/aromatic N) is 2. The van der Waals surface area contributed by atoms with Crippen molar-refractivity contribution in [2.24, 2.45) is 0 Å². The third kappa shape index (κ3) is 2.33. The quantitative estimate of drug-likeness (QED) is 0.820. The fourth-order valence-electron chi connectivity index (χ4n) is 2.40. The van der Waals surface area contributed by atoms with Crippen molar-refractivity contribution in [1.82, 2.24) is 9.55 Å². The van der Waals surface area contributed by atoms with Crippen LogP contribution in [0.1, 0.15) is 42.7 Å². The molecule has 18 heavy (non-hydrogen) atoms. The Morgan fingerprint density at radius 1 is 1.61 bits per heavy atom. The van der Waals surface area contributed by atoms with Crippen LogP contribution in [0, 0.1) is 0 Å². The van der Waals surface area contributed by atoms with E-state index in [9.17, 15) is 4.79 Å². The first-order valence-corrected chi connectivity index (χ1v) is 6.19. The average molecular weight is 253 g/mol. The maximum Gasteiger partial charge on any atom is 0.360 e. The highest BCUT2D eigenvalue weighted by Crippen LogP contribution is 2.33. The van der Waals surface area contributed by atoms with E-state index >= 15 is 0 Å². The van der Waals surface area contributed by atoms with E-state index in [1.807, 2.05) is 4.57 Å². The molecule has 1 heterocycles. The number of hydrogen-bond acceptors (Lipinski definition) is 5. The van der Waals surface area contributed by atoms with Gasteiger partial charge in [-0.3, -0.25) is 0 Å². The number of ether oxygens (including phenoxy) is 2. The summed E-state index contributed by atoms with van der Waals surface area (Å²) < 4.78 is 12.1. The van der Waals surface area contributed by atoms with Gasteiger partial charge in [-0.1, -0.05) is 0 Å². The highest BCUT2D eigenvalue weighted by molar-refractivity contribution is 5.92. The maximum absolute atomic E-state index is 11.6. The fraction of sp³-hybridized carbons (Fsp3) is 0.667. The Labute approximate surface area is 106 Å². The molecule has 1 aromatic rings. The molecule has 6 nitrogen and oxygen atoms in total. The van der Waals surface area contributed by atoms with Crippen LogP contribution in [-0.4, -0.2) is 35.3 Å². The molecule has 100 valence electrons. The molecular weight excluding hydrogens is 234 g/mol. The van der Waals surface area contributed by atoms with Gasteiger partial charge in [0, 0.05) is 13.2 Å². The molecule has 2 rings (SSSR count). The summed E-state index contributed by atoms with van der Waals surface area (Å²) in [6, 6.07) is 0.255. The van der Waals surface area contributed by atoms with E-state index in [-0.39, 0.29) is 17.8 Å². The summed E-state index contributed by atoms with van der Waals surface area (Å²) in [5.74, 6) is -0.0785. The Morgan fingerprint density at radius 3 is 3.00 bits per heavy atom. The minimum atomic E-state index is -0.463. The summed E-state index contributed by atoms with van der Waals surface area (Å²) in [7, 11) is 1.72. The van der Waals surface area contributed by atoms with E-state index in [0.717, 1.165) is 19.3 Å². The number of nitrogen functional groups attached to an aromatic ring is 1. The molecule has 0 saturated heterocycles. The van der Waals surface area contributed by atoms with Gasteiger partial charge in [0.25, 0.3) is 0 Å². The van der Waals surface area contributed by atoms with Gasteiger partial charge in [-0.15, -0.1) is 0 Å². The first-order valence-electron chi connectivity index (χ1n) is 6.19. The van der Waals surface area contributed by atoms with Crippen LogP contribution in [0.3, 0.4) is 0 Å². The third-order valence-electron chi connectivity index (χ3n) is 3.38. The van der Waals surface area contributed by atoms with Crippen LogP contribution in [0.15, 0.2) is 6.33 Å². The molecule has 0 aromatic carbocycles. The zero-order chi connectivity index (χ0) is 13.1. The van der Waals surface area contributed by atoms with Gasteiger partial charge in [0.05, 0.1) is 19.0 Å². The molecule has 6 heteroatoms. The van der Waals surface area contributed by atoms with Crippen LogP contribution in [0.25, 0.3) is 0 Å². The maximum atomic E-state index is 11.6. The molecule has 1 aliphatic carbocycles. The Balaban J connectivity index is 2.13. The lowest BCUT2D eigenvalue weighted by atomic mass is 10.2. The molecule has 0 aliphatic heterocycles. The fourth-order valence-corrected chi connectivity index (χ4v) is 2.40. The molecule has 0 spiro atoms. The minimum Gasteiger partial charge on any atom is -0.461 e. The van der Waals surface area contributed by atoms with Crippen LogP contribution in [-0.2, 0) is 9.47 Å². The third-order valence-corrected chi connectivity index (χ3v) is 3.38. The van der Waals surface area contributed by atoms with Crippen LogP contribution in [0.2, 0.25) is 0 Å². The first kappa shape index (κ1) is 12.9. The van der Waals surface area contributed by atoms with Gasteiger partial charge in [-0.2, -0.15) is 0 Å². The smallest absolute Gasteiger partial charge is 0.360 e. The number of carbonyl (C=O) groups excluding carboxylic acids is 1. The zero-order valence-corrected chi connectivity index (χ0v) is 10.8. The highest BCUT2D eigenvalue weighted by Gasteiger charge is 2.28. The number of nitrogens with two attached hydrogens (primary N) is 1. The second kappa shape index (κ2) is 5.39. The number of imidazole rings is 1. The number of carbonyl (C=O) groups is 1. The second-order valence-electron chi connectivity index (χ2n) is 4.43. The van der Waals surface area contributed by atoms with E-state index in [1.54, 1.807) is 20.4 Å². The Morgan fingerprint density at radius 2 is 2.39 bits per heavy atom. The molecule has 2 unspecified atom stereocenters. The Hall–Kier alpha value is -1.56. The van der Waals surface area contributed by atoms with Gasteiger partial charge in [-0.25, -0.2) is 9.78 Å². The molecule has 1 aliphatic rings. The summed E-state index contributed by atoms with van der Waals surface area (Å²) in [4.78, 5) is 15.7. The van der Waals surface area contributed by atoms with E-state index in [1.165, 1.54) is 0 Å². The summed E-state index contributed by atoms with van der Waals surface area (Å²) in [5.41, 5.74) is 6.17. The van der Waals surface area contributed by atoms with Crippen LogP contribution in [0.5, 0.6) is 0 Å². The normalized spacial score (nSPS) is 23.2. The van der Waals surface area contributed by atoms with Crippen molar-refractivity contribution in [3.05, 3.63) is 12.0 Å². The number of hydrogen-bond donors (Lipinski definition) is 1. The first-order chi connectivity index (χ1) is 8.67. The number of anilines is 1. The summed E-state index contributed by atoms with van der Waals surface area (Å²) in [5, 5.41) is 0. The van der Waals surface area contributed by atoms with Gasteiger partial charge in [0.15, 0.2) is 5.69 Å². The van der Waals surface area contributed by atoms with E-state index in [4.69, 9.17) is 15.2 Å². The number of aromatic nitrogens is 2. The number of esters is 1. The summed E-state index contributed by atoms with van der Waals surface area (Å²) >= 11 is 0. The van der Waals surface area contributed by atoms with E-state index < -0.39 is 5.97 Å². The topological polar surface area (TPSA) is 79.4 Å². The highest BCUT2D eigenvalue weighted by atomic mass is 16.5. The lowest BCUT2D eigenvalue weighted by molar-refractivity contribution is 0.0521. The molecule has 0 amide bonds. The van der Waals surface area contributed by atoms with Crippen LogP contribution in [0.4, 0.5) is 5.82 Å². The standard InChI is InChI=1S/C12H19N3O3/c1-3-18-12(16)10-11(13)15(7-14-10)8-4-5-9(6-8)17-2/h7-9H,3-6,13H2,1-2H3. The lowest BCUT2D eigenvalue weighted by Crippen LogP contribution is -2.13. The SMILES string of the molecule is CCOC(=O)c1ncn(C2CCC(OC)C2)c1N.